The number of rotatable bonds is 17. The summed E-state index contributed by atoms with van der Waals surface area (Å²) in [5.41, 5.74) is 0. The second-order valence-corrected chi connectivity index (χ2v) is 6.51. The molecule has 0 aromatic heterocycles. The molecule has 142 valence electrons. The molecule has 3 nitrogen and oxygen atoms in total. The van der Waals surface area contributed by atoms with Gasteiger partial charge in [-0.05, 0) is 39.0 Å². The first-order chi connectivity index (χ1) is 11.7. The van der Waals surface area contributed by atoms with Crippen molar-refractivity contribution in [3.8, 4) is 0 Å². The summed E-state index contributed by atoms with van der Waals surface area (Å²) in [6.45, 7) is 5.04. The van der Waals surface area contributed by atoms with Crippen LogP contribution < -0.4 is 0 Å². The van der Waals surface area contributed by atoms with Crippen molar-refractivity contribution in [1.29, 1.82) is 0 Å². The van der Waals surface area contributed by atoms with Gasteiger partial charge in [0.15, 0.2) is 0 Å². The van der Waals surface area contributed by atoms with Crippen molar-refractivity contribution in [1.82, 2.24) is 0 Å². The fraction of sp³-hybridized carbons (Fsp3) is 0.857. The van der Waals surface area contributed by atoms with E-state index in [0.717, 1.165) is 32.3 Å². The van der Waals surface area contributed by atoms with Gasteiger partial charge in [0, 0.05) is 13.0 Å². The summed E-state index contributed by atoms with van der Waals surface area (Å²) < 4.78 is 10.4. The number of esters is 1. The fourth-order valence-electron chi connectivity index (χ4n) is 2.81. The zero-order valence-electron chi connectivity index (χ0n) is 16.4. The van der Waals surface area contributed by atoms with E-state index in [9.17, 15) is 4.79 Å². The van der Waals surface area contributed by atoms with Crippen LogP contribution in [-0.4, -0.2) is 25.8 Å². The molecule has 3 heteroatoms. The quantitative estimate of drug-likeness (QED) is 0.179. The lowest BCUT2D eigenvalue weighted by atomic mass is 10.1. The maximum Gasteiger partial charge on any atom is 0.305 e. The Balaban J connectivity index is 3.63. The van der Waals surface area contributed by atoms with E-state index in [2.05, 4.69) is 23.8 Å². The molecule has 0 N–H and O–H groups in total. The number of ether oxygens (including phenoxy) is 2. The maximum atomic E-state index is 11.1. The van der Waals surface area contributed by atoms with Gasteiger partial charge in [-0.15, -0.1) is 0 Å². The summed E-state index contributed by atoms with van der Waals surface area (Å²) in [4.78, 5) is 11.1. The SMILES string of the molecule is CCCCCCCCCC/C=C/[C@@H](CCCCC(=O)OC)OCC. The molecule has 0 aliphatic heterocycles. The van der Waals surface area contributed by atoms with Gasteiger partial charge >= 0.3 is 5.97 Å². The number of unbranched alkanes of at least 4 members (excludes halogenated alkanes) is 9. The van der Waals surface area contributed by atoms with Gasteiger partial charge in [0.05, 0.1) is 13.2 Å². The second kappa shape index (κ2) is 18.5. The van der Waals surface area contributed by atoms with Crippen molar-refractivity contribution >= 4 is 5.97 Å². The average molecular weight is 341 g/mol. The number of hydrogen-bond donors (Lipinski definition) is 0. The molecule has 24 heavy (non-hydrogen) atoms. The molecule has 1 atom stereocenters. The molecular weight excluding hydrogens is 300 g/mol. The van der Waals surface area contributed by atoms with Crippen molar-refractivity contribution in [2.24, 2.45) is 0 Å². The minimum atomic E-state index is -0.117. The van der Waals surface area contributed by atoms with Crippen LogP contribution >= 0.6 is 0 Å². The summed E-state index contributed by atoms with van der Waals surface area (Å²) in [5.74, 6) is -0.117. The lowest BCUT2D eigenvalue weighted by molar-refractivity contribution is -0.140. The molecule has 0 rings (SSSR count). The molecule has 0 aliphatic rings. The highest BCUT2D eigenvalue weighted by Gasteiger charge is 2.05. The van der Waals surface area contributed by atoms with Gasteiger partial charge in [-0.25, -0.2) is 0 Å². The van der Waals surface area contributed by atoms with E-state index >= 15 is 0 Å². The van der Waals surface area contributed by atoms with Gasteiger partial charge in [-0.1, -0.05) is 64.0 Å². The van der Waals surface area contributed by atoms with Crippen LogP contribution in [0.25, 0.3) is 0 Å². The number of hydrogen-bond acceptors (Lipinski definition) is 3. The summed E-state index contributed by atoms with van der Waals surface area (Å²) in [5, 5.41) is 0. The smallest absolute Gasteiger partial charge is 0.305 e. The highest BCUT2D eigenvalue weighted by molar-refractivity contribution is 5.68. The third-order valence-corrected chi connectivity index (χ3v) is 4.30. The van der Waals surface area contributed by atoms with Crippen LogP contribution in [-0.2, 0) is 14.3 Å². The van der Waals surface area contributed by atoms with Gasteiger partial charge in [-0.2, -0.15) is 0 Å². The average Bonchev–Trinajstić information content (AvgIpc) is 2.59. The molecule has 0 saturated heterocycles. The zero-order chi connectivity index (χ0) is 17.9. The molecule has 0 unspecified atom stereocenters. The molecule has 0 fully saturated rings. The molecule has 0 aromatic carbocycles. The van der Waals surface area contributed by atoms with E-state index in [4.69, 9.17) is 4.74 Å². The second-order valence-electron chi connectivity index (χ2n) is 6.51. The van der Waals surface area contributed by atoms with Crippen LogP contribution in [0.2, 0.25) is 0 Å². The predicted octanol–water partition coefficient (Wildman–Crippen LogP) is 6.21. The Morgan fingerprint density at radius 1 is 0.917 bits per heavy atom. The first-order valence-electron chi connectivity index (χ1n) is 10.1. The highest BCUT2D eigenvalue weighted by Crippen LogP contribution is 2.12. The van der Waals surface area contributed by atoms with Gasteiger partial charge < -0.3 is 9.47 Å². The first-order valence-corrected chi connectivity index (χ1v) is 10.1. The summed E-state index contributed by atoms with van der Waals surface area (Å²) >= 11 is 0. The minimum Gasteiger partial charge on any atom is -0.469 e. The van der Waals surface area contributed by atoms with Crippen molar-refractivity contribution in [2.75, 3.05) is 13.7 Å². The molecule has 0 saturated carbocycles. The summed E-state index contributed by atoms with van der Waals surface area (Å²) in [6, 6.07) is 0. The molecule has 0 spiro atoms. The van der Waals surface area contributed by atoms with Gasteiger partial charge in [0.25, 0.3) is 0 Å². The Morgan fingerprint density at radius 2 is 1.58 bits per heavy atom. The van der Waals surface area contributed by atoms with Crippen LogP contribution in [0.1, 0.15) is 97.3 Å². The summed E-state index contributed by atoms with van der Waals surface area (Å²) in [6.07, 6.45) is 20.1. The Kier molecular flexibility index (Phi) is 17.9. The minimum absolute atomic E-state index is 0.117. The van der Waals surface area contributed by atoms with Crippen LogP contribution in [0.4, 0.5) is 0 Å². The molecule has 0 aliphatic carbocycles. The largest absolute Gasteiger partial charge is 0.469 e. The van der Waals surface area contributed by atoms with Crippen LogP contribution in [0.5, 0.6) is 0 Å². The predicted molar refractivity (Wildman–Crippen MR) is 102 cm³/mol. The van der Waals surface area contributed by atoms with Gasteiger partial charge in [0.2, 0.25) is 0 Å². The highest BCUT2D eigenvalue weighted by atomic mass is 16.5. The number of methoxy groups -OCH3 is 1. The Morgan fingerprint density at radius 3 is 2.21 bits per heavy atom. The van der Waals surface area contributed by atoms with Crippen LogP contribution in [0.3, 0.4) is 0 Å². The third kappa shape index (κ3) is 16.0. The maximum absolute atomic E-state index is 11.1. The van der Waals surface area contributed by atoms with E-state index in [1.807, 2.05) is 6.92 Å². The molecule has 0 radical (unpaired) electrons. The molecule has 0 bridgehead atoms. The van der Waals surface area contributed by atoms with Crippen molar-refractivity contribution < 1.29 is 14.3 Å². The van der Waals surface area contributed by atoms with E-state index in [1.54, 1.807) is 0 Å². The molecule has 0 heterocycles. The van der Waals surface area contributed by atoms with Gasteiger partial charge in [-0.3, -0.25) is 4.79 Å². The van der Waals surface area contributed by atoms with E-state index in [0.29, 0.717) is 6.42 Å². The Bertz CT molecular complexity index is 299. The van der Waals surface area contributed by atoms with Crippen molar-refractivity contribution in [2.45, 2.75) is 103 Å². The summed E-state index contributed by atoms with van der Waals surface area (Å²) in [7, 11) is 1.44. The Hall–Kier alpha value is -0.830. The van der Waals surface area contributed by atoms with Crippen molar-refractivity contribution in [3.63, 3.8) is 0 Å². The number of allylic oxidation sites excluding steroid dienone is 1. The van der Waals surface area contributed by atoms with E-state index in [1.165, 1.54) is 58.5 Å². The van der Waals surface area contributed by atoms with E-state index in [-0.39, 0.29) is 12.1 Å². The molecular formula is C21H40O3. The first kappa shape index (κ1) is 23.2. The third-order valence-electron chi connectivity index (χ3n) is 4.30. The van der Waals surface area contributed by atoms with Crippen LogP contribution in [0, 0.1) is 0 Å². The number of carbonyl (C=O) groups excluding carboxylic acids is 1. The molecule has 0 amide bonds. The number of carbonyl (C=O) groups is 1. The van der Waals surface area contributed by atoms with Gasteiger partial charge in [0.1, 0.15) is 0 Å². The fourth-order valence-corrected chi connectivity index (χ4v) is 2.81. The standard InChI is InChI=1S/C21H40O3/c1-4-6-7-8-9-10-11-12-13-14-17-20(24-5-2)18-15-16-19-21(22)23-3/h14,17,20H,4-13,15-16,18-19H2,1-3H3/b17-14+/t20-/m0/s1. The Labute approximate surface area is 150 Å². The van der Waals surface area contributed by atoms with Crippen LogP contribution in [0.15, 0.2) is 12.2 Å². The topological polar surface area (TPSA) is 35.5 Å². The molecule has 0 aromatic rings. The lowest BCUT2D eigenvalue weighted by Crippen LogP contribution is -2.10. The van der Waals surface area contributed by atoms with E-state index < -0.39 is 0 Å². The monoisotopic (exact) mass is 340 g/mol. The zero-order valence-corrected chi connectivity index (χ0v) is 16.4. The van der Waals surface area contributed by atoms with Crippen molar-refractivity contribution in [3.05, 3.63) is 12.2 Å². The normalized spacial score (nSPS) is 12.6. The lowest BCUT2D eigenvalue weighted by Gasteiger charge is -2.12.